The van der Waals surface area contributed by atoms with Gasteiger partial charge in [-0.1, -0.05) is 69.3 Å². The number of hydrogen-bond donors (Lipinski definition) is 3. The average molecular weight is 403 g/mol. The maximum Gasteiger partial charge on any atom is 0.269 e. The predicted octanol–water partition coefficient (Wildman–Crippen LogP) is 3.83. The minimum Gasteiger partial charge on any atom is -0.326 e. The lowest BCUT2D eigenvalue weighted by Gasteiger charge is -2.18. The Balaban J connectivity index is 1.61. The second-order valence-corrected chi connectivity index (χ2v) is 8.10. The van der Waals surface area contributed by atoms with Crippen LogP contribution in [0.4, 0.5) is 5.69 Å². The normalized spacial score (nSPS) is 11.0. The van der Waals surface area contributed by atoms with Crippen LogP contribution in [-0.4, -0.2) is 17.7 Å². The Hall–Kier alpha value is -3.67. The van der Waals surface area contributed by atoms with E-state index in [1.165, 1.54) is 0 Å². The summed E-state index contributed by atoms with van der Waals surface area (Å²) in [5, 5.41) is 4.85. The highest BCUT2D eigenvalue weighted by Gasteiger charge is 2.21. The lowest BCUT2D eigenvalue weighted by molar-refractivity contribution is -0.123. The minimum atomic E-state index is -0.548. The van der Waals surface area contributed by atoms with Crippen LogP contribution < -0.4 is 16.2 Å². The van der Waals surface area contributed by atoms with E-state index in [1.807, 2.05) is 63.2 Å². The third-order valence-corrected chi connectivity index (χ3v) is 4.61. The van der Waals surface area contributed by atoms with E-state index in [9.17, 15) is 14.4 Å². The molecule has 0 unspecified atom stereocenters. The van der Waals surface area contributed by atoms with Crippen molar-refractivity contribution in [3.63, 3.8) is 0 Å². The van der Waals surface area contributed by atoms with Gasteiger partial charge in [-0.3, -0.25) is 25.2 Å². The fourth-order valence-corrected chi connectivity index (χ4v) is 2.92. The van der Waals surface area contributed by atoms with Gasteiger partial charge in [0.1, 0.15) is 0 Å². The first-order valence-electron chi connectivity index (χ1n) is 9.71. The van der Waals surface area contributed by atoms with Crippen molar-refractivity contribution in [3.05, 3.63) is 77.9 Å². The van der Waals surface area contributed by atoms with E-state index >= 15 is 0 Å². The molecule has 0 aliphatic rings. The highest BCUT2D eigenvalue weighted by Crippen LogP contribution is 2.19. The van der Waals surface area contributed by atoms with E-state index in [4.69, 9.17) is 0 Å². The van der Waals surface area contributed by atoms with Crippen LogP contribution in [0.3, 0.4) is 0 Å². The molecule has 6 heteroatoms. The van der Waals surface area contributed by atoms with Crippen LogP contribution in [0, 0.1) is 5.41 Å². The Bertz CT molecular complexity index is 1090. The van der Waals surface area contributed by atoms with Crippen molar-refractivity contribution in [1.29, 1.82) is 0 Å². The second kappa shape index (κ2) is 8.78. The Labute approximate surface area is 175 Å². The molecule has 3 amide bonds. The van der Waals surface area contributed by atoms with Crippen LogP contribution in [0.15, 0.2) is 66.7 Å². The predicted molar refractivity (Wildman–Crippen MR) is 118 cm³/mol. The summed E-state index contributed by atoms with van der Waals surface area (Å²) < 4.78 is 0. The van der Waals surface area contributed by atoms with E-state index in [0.29, 0.717) is 11.3 Å². The molecule has 0 saturated carbocycles. The quantitative estimate of drug-likeness (QED) is 0.579. The third kappa shape index (κ3) is 5.23. The van der Waals surface area contributed by atoms with E-state index in [-0.39, 0.29) is 18.2 Å². The number of rotatable bonds is 4. The van der Waals surface area contributed by atoms with E-state index in [2.05, 4.69) is 16.2 Å². The SMILES string of the molecule is CC(C)(C)C(=O)Nc1cccc(C(=O)NNC(=O)Cc2cccc3ccccc23)c1. The van der Waals surface area contributed by atoms with Crippen molar-refractivity contribution < 1.29 is 14.4 Å². The van der Waals surface area contributed by atoms with Crippen LogP contribution >= 0.6 is 0 Å². The monoisotopic (exact) mass is 403 g/mol. The van der Waals surface area contributed by atoms with Crippen molar-refractivity contribution in [1.82, 2.24) is 10.9 Å². The molecule has 0 atom stereocenters. The molecular formula is C24H25N3O3. The number of nitrogens with one attached hydrogen (secondary N) is 3. The zero-order valence-electron chi connectivity index (χ0n) is 17.3. The van der Waals surface area contributed by atoms with Gasteiger partial charge in [0, 0.05) is 16.7 Å². The average Bonchev–Trinajstić information content (AvgIpc) is 2.72. The maximum absolute atomic E-state index is 12.4. The van der Waals surface area contributed by atoms with Crippen LogP contribution in [0.25, 0.3) is 10.8 Å². The van der Waals surface area contributed by atoms with E-state index < -0.39 is 11.3 Å². The summed E-state index contributed by atoms with van der Waals surface area (Å²) >= 11 is 0. The fraction of sp³-hybridized carbons (Fsp3) is 0.208. The molecule has 0 aromatic heterocycles. The molecule has 3 aromatic rings. The summed E-state index contributed by atoms with van der Waals surface area (Å²) in [6, 6.07) is 20.2. The van der Waals surface area contributed by atoms with Crippen molar-refractivity contribution >= 4 is 34.2 Å². The van der Waals surface area contributed by atoms with Gasteiger partial charge in [-0.25, -0.2) is 0 Å². The van der Waals surface area contributed by atoms with Crippen LogP contribution in [0.1, 0.15) is 36.7 Å². The van der Waals surface area contributed by atoms with E-state index in [0.717, 1.165) is 16.3 Å². The molecule has 0 radical (unpaired) electrons. The lowest BCUT2D eigenvalue weighted by Crippen LogP contribution is -2.42. The summed E-state index contributed by atoms with van der Waals surface area (Å²) in [6.45, 7) is 5.43. The topological polar surface area (TPSA) is 87.3 Å². The lowest BCUT2D eigenvalue weighted by atomic mass is 9.95. The molecule has 0 saturated heterocycles. The molecule has 0 heterocycles. The van der Waals surface area contributed by atoms with Crippen molar-refractivity contribution in [2.75, 3.05) is 5.32 Å². The first kappa shape index (κ1) is 21.0. The number of fused-ring (bicyclic) bond motifs is 1. The summed E-state index contributed by atoms with van der Waals surface area (Å²) in [4.78, 5) is 36.9. The van der Waals surface area contributed by atoms with E-state index in [1.54, 1.807) is 24.3 Å². The zero-order valence-corrected chi connectivity index (χ0v) is 17.3. The number of amides is 3. The minimum absolute atomic E-state index is 0.142. The Morgan fingerprint density at radius 1 is 0.833 bits per heavy atom. The number of hydrogen-bond acceptors (Lipinski definition) is 3. The van der Waals surface area contributed by atoms with Crippen LogP contribution in [0.5, 0.6) is 0 Å². The Kier molecular flexibility index (Phi) is 6.16. The standard InChI is InChI=1S/C24H25N3O3/c1-24(2,3)23(30)25-19-12-7-11-18(14-19)22(29)27-26-21(28)15-17-10-6-9-16-8-4-5-13-20(16)17/h4-14H,15H2,1-3H3,(H,25,30)(H,26,28)(H,27,29). The zero-order chi connectivity index (χ0) is 21.7. The van der Waals surface area contributed by atoms with Gasteiger partial charge in [0.2, 0.25) is 11.8 Å². The molecule has 0 spiro atoms. The van der Waals surface area contributed by atoms with Crippen molar-refractivity contribution in [3.8, 4) is 0 Å². The largest absolute Gasteiger partial charge is 0.326 e. The molecule has 3 aromatic carbocycles. The van der Waals surface area contributed by atoms with Crippen LogP contribution in [-0.2, 0) is 16.0 Å². The third-order valence-electron chi connectivity index (χ3n) is 4.61. The van der Waals surface area contributed by atoms with Crippen LogP contribution in [0.2, 0.25) is 0 Å². The molecule has 30 heavy (non-hydrogen) atoms. The smallest absolute Gasteiger partial charge is 0.269 e. The Morgan fingerprint density at radius 2 is 1.53 bits per heavy atom. The molecule has 0 fully saturated rings. The molecule has 0 aliphatic carbocycles. The van der Waals surface area contributed by atoms with Gasteiger partial charge in [0.15, 0.2) is 0 Å². The summed E-state index contributed by atoms with van der Waals surface area (Å²) in [5.41, 5.74) is 6.06. The number of carbonyl (C=O) groups excluding carboxylic acids is 3. The molecule has 6 nitrogen and oxygen atoms in total. The van der Waals surface area contributed by atoms with Gasteiger partial charge in [0.25, 0.3) is 5.91 Å². The first-order chi connectivity index (χ1) is 14.2. The van der Waals surface area contributed by atoms with Gasteiger partial charge in [0.05, 0.1) is 6.42 Å². The van der Waals surface area contributed by atoms with Gasteiger partial charge < -0.3 is 5.32 Å². The molecule has 0 bridgehead atoms. The second-order valence-electron chi connectivity index (χ2n) is 8.10. The summed E-state index contributed by atoms with van der Waals surface area (Å²) in [7, 11) is 0. The molecule has 0 aliphatic heterocycles. The number of carbonyl (C=O) groups is 3. The highest BCUT2D eigenvalue weighted by atomic mass is 16.2. The molecule has 3 rings (SSSR count). The van der Waals surface area contributed by atoms with Gasteiger partial charge in [-0.15, -0.1) is 0 Å². The van der Waals surface area contributed by atoms with Gasteiger partial charge in [-0.05, 0) is 34.5 Å². The first-order valence-corrected chi connectivity index (χ1v) is 9.71. The number of anilines is 1. The van der Waals surface area contributed by atoms with Crippen molar-refractivity contribution in [2.45, 2.75) is 27.2 Å². The molecular weight excluding hydrogens is 378 g/mol. The molecule has 3 N–H and O–H groups in total. The molecule has 154 valence electrons. The number of benzene rings is 3. The highest BCUT2D eigenvalue weighted by molar-refractivity contribution is 5.99. The van der Waals surface area contributed by atoms with Crippen molar-refractivity contribution in [2.24, 2.45) is 5.41 Å². The van der Waals surface area contributed by atoms with Gasteiger partial charge >= 0.3 is 0 Å². The summed E-state index contributed by atoms with van der Waals surface area (Å²) in [5.74, 6) is -0.937. The Morgan fingerprint density at radius 3 is 2.30 bits per heavy atom. The van der Waals surface area contributed by atoms with Gasteiger partial charge in [-0.2, -0.15) is 0 Å². The number of hydrazine groups is 1. The fourth-order valence-electron chi connectivity index (χ4n) is 2.92. The maximum atomic E-state index is 12.4. The summed E-state index contributed by atoms with van der Waals surface area (Å²) in [6.07, 6.45) is 0.142.